The summed E-state index contributed by atoms with van der Waals surface area (Å²) in [5, 5.41) is 0. The second-order valence-electron chi connectivity index (χ2n) is 4.21. The second-order valence-corrected chi connectivity index (χ2v) is 7.66. The van der Waals surface area contributed by atoms with Gasteiger partial charge in [0.25, 0.3) is 9.05 Å². The largest absolute Gasteiger partial charge is 0.459 e. The zero-order chi connectivity index (χ0) is 15.5. The molecule has 0 saturated heterocycles. The highest BCUT2D eigenvalue weighted by Crippen LogP contribution is 2.27. The van der Waals surface area contributed by atoms with Crippen LogP contribution in [-0.4, -0.2) is 20.5 Å². The average Bonchev–Trinajstić information content (AvgIpc) is 2.30. The van der Waals surface area contributed by atoms with Gasteiger partial charge in [0, 0.05) is 15.2 Å². The lowest BCUT2D eigenvalue weighted by molar-refractivity contribution is 0.0317. The average molecular weight is 388 g/mol. The molecule has 1 unspecified atom stereocenters. The first-order valence-corrected chi connectivity index (χ1v) is 8.91. The SMILES string of the molecule is CCCC(C)OC(=O)c1cc(Br)cc(S(=O)(=O)Cl)c1F. The van der Waals surface area contributed by atoms with E-state index in [1.807, 2.05) is 6.92 Å². The minimum absolute atomic E-state index is 0.216. The Balaban J connectivity index is 3.19. The number of carbonyl (C=O) groups excluding carboxylic acids is 1. The van der Waals surface area contributed by atoms with Crippen molar-refractivity contribution in [3.05, 3.63) is 28.0 Å². The van der Waals surface area contributed by atoms with Gasteiger partial charge in [-0.05, 0) is 25.5 Å². The highest BCUT2D eigenvalue weighted by molar-refractivity contribution is 9.10. The van der Waals surface area contributed by atoms with Crippen LogP contribution < -0.4 is 0 Å². The van der Waals surface area contributed by atoms with Crippen molar-refractivity contribution in [1.82, 2.24) is 0 Å². The molecule has 0 aromatic heterocycles. The molecule has 0 amide bonds. The Labute approximate surface area is 129 Å². The summed E-state index contributed by atoms with van der Waals surface area (Å²) in [5.74, 6) is -2.14. The van der Waals surface area contributed by atoms with E-state index in [1.165, 1.54) is 0 Å². The maximum Gasteiger partial charge on any atom is 0.341 e. The van der Waals surface area contributed by atoms with Gasteiger partial charge in [0.15, 0.2) is 5.82 Å². The molecule has 0 heterocycles. The van der Waals surface area contributed by atoms with Crippen molar-refractivity contribution >= 4 is 41.6 Å². The van der Waals surface area contributed by atoms with Crippen molar-refractivity contribution in [3.8, 4) is 0 Å². The van der Waals surface area contributed by atoms with Gasteiger partial charge in [-0.3, -0.25) is 0 Å². The molecule has 0 spiro atoms. The monoisotopic (exact) mass is 386 g/mol. The lowest BCUT2D eigenvalue weighted by Gasteiger charge is -2.13. The Bertz CT molecular complexity index is 618. The summed E-state index contributed by atoms with van der Waals surface area (Å²) < 4.78 is 41.8. The van der Waals surface area contributed by atoms with Crippen molar-refractivity contribution < 1.29 is 22.3 Å². The predicted octanol–water partition coefficient (Wildman–Crippen LogP) is 3.86. The van der Waals surface area contributed by atoms with Gasteiger partial charge in [-0.15, -0.1) is 0 Å². The summed E-state index contributed by atoms with van der Waals surface area (Å²) in [6.45, 7) is 3.60. The van der Waals surface area contributed by atoms with Crippen LogP contribution in [0, 0.1) is 5.82 Å². The Kier molecular flexibility index (Phi) is 5.97. The Morgan fingerprint density at radius 1 is 1.50 bits per heavy atom. The van der Waals surface area contributed by atoms with Crippen molar-refractivity contribution in [3.63, 3.8) is 0 Å². The van der Waals surface area contributed by atoms with E-state index in [1.54, 1.807) is 6.92 Å². The number of esters is 1. The molecule has 0 radical (unpaired) electrons. The molecule has 0 aliphatic carbocycles. The van der Waals surface area contributed by atoms with Crippen LogP contribution in [0.5, 0.6) is 0 Å². The van der Waals surface area contributed by atoms with Crippen LogP contribution in [0.2, 0.25) is 0 Å². The molecule has 0 saturated carbocycles. The highest BCUT2D eigenvalue weighted by atomic mass is 79.9. The first-order chi connectivity index (χ1) is 9.16. The number of rotatable bonds is 5. The fourth-order valence-electron chi connectivity index (χ4n) is 1.60. The van der Waals surface area contributed by atoms with E-state index in [2.05, 4.69) is 15.9 Å². The van der Waals surface area contributed by atoms with Gasteiger partial charge in [0.2, 0.25) is 0 Å². The molecule has 0 N–H and O–H groups in total. The summed E-state index contributed by atoms with van der Waals surface area (Å²) in [4.78, 5) is 11.1. The predicted molar refractivity (Wildman–Crippen MR) is 76.9 cm³/mol. The standard InChI is InChI=1S/C12H13BrClFO4S/c1-3-4-7(2)19-12(16)9-5-8(13)6-10(11(9)15)20(14,17)18/h5-7H,3-4H2,1-2H3. The zero-order valence-corrected chi connectivity index (χ0v) is 14.0. The molecule has 0 fully saturated rings. The summed E-state index contributed by atoms with van der Waals surface area (Å²) in [6, 6.07) is 2.14. The van der Waals surface area contributed by atoms with Gasteiger partial charge < -0.3 is 4.74 Å². The second kappa shape index (κ2) is 6.87. The van der Waals surface area contributed by atoms with Gasteiger partial charge in [-0.2, -0.15) is 0 Å². The van der Waals surface area contributed by atoms with Crippen molar-refractivity contribution in [2.24, 2.45) is 0 Å². The van der Waals surface area contributed by atoms with Crippen molar-refractivity contribution in [2.45, 2.75) is 37.7 Å². The van der Waals surface area contributed by atoms with Crippen LogP contribution >= 0.6 is 26.6 Å². The first-order valence-electron chi connectivity index (χ1n) is 5.81. The van der Waals surface area contributed by atoms with Gasteiger partial charge in [0.05, 0.1) is 11.7 Å². The summed E-state index contributed by atoms with van der Waals surface area (Å²) in [7, 11) is 0.836. The molecule has 112 valence electrons. The summed E-state index contributed by atoms with van der Waals surface area (Å²) >= 11 is 3.01. The minimum atomic E-state index is -4.29. The highest BCUT2D eigenvalue weighted by Gasteiger charge is 2.25. The Morgan fingerprint density at radius 3 is 2.60 bits per heavy atom. The third-order valence-corrected chi connectivity index (χ3v) is 4.27. The normalized spacial score (nSPS) is 13.1. The molecule has 1 rings (SSSR count). The van der Waals surface area contributed by atoms with E-state index < -0.39 is 31.3 Å². The minimum Gasteiger partial charge on any atom is -0.459 e. The molecule has 1 aromatic carbocycles. The van der Waals surface area contributed by atoms with E-state index in [-0.39, 0.29) is 10.6 Å². The van der Waals surface area contributed by atoms with Crippen LogP contribution in [0.4, 0.5) is 4.39 Å². The van der Waals surface area contributed by atoms with Gasteiger partial charge in [-0.1, -0.05) is 29.3 Å². The number of hydrogen-bond acceptors (Lipinski definition) is 4. The van der Waals surface area contributed by atoms with Crippen LogP contribution in [0.25, 0.3) is 0 Å². The molecule has 8 heteroatoms. The van der Waals surface area contributed by atoms with Crippen LogP contribution in [-0.2, 0) is 13.8 Å². The van der Waals surface area contributed by atoms with E-state index in [4.69, 9.17) is 15.4 Å². The molecule has 0 bridgehead atoms. The maximum absolute atomic E-state index is 14.0. The number of hydrogen-bond donors (Lipinski definition) is 0. The number of halogens is 3. The summed E-state index contributed by atoms with van der Waals surface area (Å²) in [5.41, 5.74) is -0.471. The van der Waals surface area contributed by atoms with E-state index in [0.717, 1.165) is 18.6 Å². The lowest BCUT2D eigenvalue weighted by atomic mass is 10.2. The van der Waals surface area contributed by atoms with Crippen LogP contribution in [0.1, 0.15) is 37.0 Å². The van der Waals surface area contributed by atoms with E-state index in [0.29, 0.717) is 6.42 Å². The van der Waals surface area contributed by atoms with Gasteiger partial charge in [-0.25, -0.2) is 17.6 Å². The zero-order valence-electron chi connectivity index (χ0n) is 10.8. The maximum atomic E-state index is 14.0. The number of benzene rings is 1. The van der Waals surface area contributed by atoms with E-state index in [9.17, 15) is 17.6 Å². The fourth-order valence-corrected chi connectivity index (χ4v) is 3.14. The van der Waals surface area contributed by atoms with Crippen molar-refractivity contribution in [1.29, 1.82) is 0 Å². The molecule has 1 atom stereocenters. The smallest absolute Gasteiger partial charge is 0.341 e. The molecule has 1 aromatic rings. The van der Waals surface area contributed by atoms with Crippen LogP contribution in [0.15, 0.2) is 21.5 Å². The molecular weight excluding hydrogens is 375 g/mol. The molecule has 4 nitrogen and oxygen atoms in total. The van der Waals surface area contributed by atoms with Gasteiger partial charge >= 0.3 is 5.97 Å². The summed E-state index contributed by atoms with van der Waals surface area (Å²) in [6.07, 6.45) is 1.04. The van der Waals surface area contributed by atoms with Crippen LogP contribution in [0.3, 0.4) is 0 Å². The topological polar surface area (TPSA) is 60.4 Å². The number of ether oxygens (including phenoxy) is 1. The quantitative estimate of drug-likeness (QED) is 0.568. The third kappa shape index (κ3) is 4.43. The molecular formula is C12H13BrClFO4S. The molecule has 0 aliphatic heterocycles. The Morgan fingerprint density at radius 2 is 2.10 bits per heavy atom. The van der Waals surface area contributed by atoms with E-state index >= 15 is 0 Å². The first kappa shape index (κ1) is 17.4. The third-order valence-electron chi connectivity index (χ3n) is 2.49. The van der Waals surface area contributed by atoms with Crippen molar-refractivity contribution in [2.75, 3.05) is 0 Å². The molecule has 20 heavy (non-hydrogen) atoms. The Hall–Kier alpha value is -0.660. The lowest BCUT2D eigenvalue weighted by Crippen LogP contribution is -2.17. The fraction of sp³-hybridized carbons (Fsp3) is 0.417. The van der Waals surface area contributed by atoms with Gasteiger partial charge in [0.1, 0.15) is 4.90 Å². The molecule has 0 aliphatic rings. The number of carbonyl (C=O) groups is 1.